The zero-order valence-corrected chi connectivity index (χ0v) is 4.90. The van der Waals surface area contributed by atoms with Crippen LogP contribution in [0.25, 0.3) is 0 Å². The Hall–Kier alpha value is -0.460. The van der Waals surface area contributed by atoms with Gasteiger partial charge in [0.15, 0.2) is 0 Å². The number of allylic oxidation sites excluding steroid dienone is 1. The van der Waals surface area contributed by atoms with E-state index in [1.165, 1.54) is 0 Å². The summed E-state index contributed by atoms with van der Waals surface area (Å²) in [5.74, 6) is 0.627. The fourth-order valence-corrected chi connectivity index (χ4v) is 0.348. The van der Waals surface area contributed by atoms with Crippen LogP contribution >= 0.6 is 0 Å². The van der Waals surface area contributed by atoms with Crippen molar-refractivity contribution < 1.29 is 4.74 Å². The molecule has 0 bridgehead atoms. The summed E-state index contributed by atoms with van der Waals surface area (Å²) in [6, 6.07) is 0. The topological polar surface area (TPSA) is 9.23 Å². The van der Waals surface area contributed by atoms with Crippen LogP contribution < -0.4 is 0 Å². The Morgan fingerprint density at radius 1 is 1.71 bits per heavy atom. The summed E-state index contributed by atoms with van der Waals surface area (Å²) >= 11 is 0. The summed E-state index contributed by atoms with van der Waals surface area (Å²) in [7, 11) is 1.59. The number of rotatable bonds is 3. The maximum Gasteiger partial charge on any atom is 0.0956 e. The van der Waals surface area contributed by atoms with Gasteiger partial charge in [0.25, 0.3) is 0 Å². The second-order valence-electron chi connectivity index (χ2n) is 1.42. The third-order valence-corrected chi connectivity index (χ3v) is 0.759. The van der Waals surface area contributed by atoms with Gasteiger partial charge in [-0.3, -0.25) is 0 Å². The molecule has 0 aliphatic heterocycles. The molecule has 0 saturated carbocycles. The zero-order valence-electron chi connectivity index (χ0n) is 4.90. The molecule has 1 heteroatoms. The van der Waals surface area contributed by atoms with E-state index in [2.05, 4.69) is 11.7 Å². The molecule has 1 radical (unpaired) electrons. The van der Waals surface area contributed by atoms with Crippen molar-refractivity contribution in [3.63, 3.8) is 0 Å². The third-order valence-electron chi connectivity index (χ3n) is 0.759. The Bertz CT molecular complexity index is 57.2. The van der Waals surface area contributed by atoms with E-state index in [1.54, 1.807) is 7.11 Å². The molecule has 0 amide bonds. The van der Waals surface area contributed by atoms with Crippen LogP contribution in [0.15, 0.2) is 5.76 Å². The maximum absolute atomic E-state index is 5.28. The minimum absolute atomic E-state index is 0.627. The van der Waals surface area contributed by atoms with E-state index in [1.807, 2.05) is 0 Å². The molecular weight excluding hydrogens is 88.1 g/mol. The van der Waals surface area contributed by atoms with Crippen LogP contribution in [-0.4, -0.2) is 7.11 Å². The van der Waals surface area contributed by atoms with Crippen molar-refractivity contribution in [3.8, 4) is 0 Å². The molecular formula is C6H11O. The third kappa shape index (κ3) is 3.37. The van der Waals surface area contributed by atoms with Crippen molar-refractivity contribution in [2.45, 2.75) is 19.8 Å². The van der Waals surface area contributed by atoms with Gasteiger partial charge in [0.05, 0.1) is 12.9 Å². The first-order valence-electron chi connectivity index (χ1n) is 2.46. The molecule has 0 aromatic rings. The van der Waals surface area contributed by atoms with Gasteiger partial charge in [-0.05, 0) is 13.0 Å². The first-order valence-corrected chi connectivity index (χ1v) is 2.46. The fraction of sp³-hybridized carbons (Fsp3) is 0.667. The Kier molecular flexibility index (Phi) is 3.48. The molecule has 0 fully saturated rings. The molecule has 0 atom stereocenters. The number of ether oxygens (including phenoxy) is 1. The SMILES string of the molecule is [CH]=C(CCC)OC. The zero-order chi connectivity index (χ0) is 5.70. The molecule has 0 N–H and O–H groups in total. The van der Waals surface area contributed by atoms with Gasteiger partial charge in [-0.15, -0.1) is 0 Å². The lowest BCUT2D eigenvalue weighted by atomic mass is 10.3. The first kappa shape index (κ1) is 6.54. The highest BCUT2D eigenvalue weighted by Gasteiger charge is 1.84. The smallest absolute Gasteiger partial charge is 0.0956 e. The first-order chi connectivity index (χ1) is 3.31. The molecule has 0 unspecified atom stereocenters. The highest BCUT2D eigenvalue weighted by molar-refractivity contribution is 4.75. The van der Waals surface area contributed by atoms with Crippen LogP contribution in [0.5, 0.6) is 0 Å². The molecule has 1 nitrogen and oxygen atoms in total. The second kappa shape index (κ2) is 3.72. The van der Waals surface area contributed by atoms with Gasteiger partial charge in [-0.25, -0.2) is 0 Å². The van der Waals surface area contributed by atoms with Gasteiger partial charge in [0, 0.05) is 6.42 Å². The van der Waals surface area contributed by atoms with Crippen LogP contribution in [0.4, 0.5) is 0 Å². The van der Waals surface area contributed by atoms with Crippen LogP contribution in [-0.2, 0) is 4.74 Å². The molecule has 0 heterocycles. The van der Waals surface area contributed by atoms with Crippen LogP contribution in [0.2, 0.25) is 0 Å². The summed E-state index contributed by atoms with van der Waals surface area (Å²) < 4.78 is 4.69. The van der Waals surface area contributed by atoms with Gasteiger partial charge in [0.1, 0.15) is 0 Å². The summed E-state index contributed by atoms with van der Waals surface area (Å²) in [5.41, 5.74) is 0. The fourth-order valence-electron chi connectivity index (χ4n) is 0.348. The van der Waals surface area contributed by atoms with E-state index in [4.69, 9.17) is 6.58 Å². The van der Waals surface area contributed by atoms with Crippen molar-refractivity contribution in [2.75, 3.05) is 7.11 Å². The molecule has 7 heavy (non-hydrogen) atoms. The lowest BCUT2D eigenvalue weighted by Gasteiger charge is -1.97. The van der Waals surface area contributed by atoms with Gasteiger partial charge in [-0.1, -0.05) is 6.92 Å². The quantitative estimate of drug-likeness (QED) is 0.490. The number of hydrogen-bond donors (Lipinski definition) is 0. The average Bonchev–Trinajstić information content (AvgIpc) is 1.68. The van der Waals surface area contributed by atoms with Gasteiger partial charge in [-0.2, -0.15) is 0 Å². The molecule has 0 aliphatic carbocycles. The second-order valence-corrected chi connectivity index (χ2v) is 1.42. The van der Waals surface area contributed by atoms with E-state index >= 15 is 0 Å². The van der Waals surface area contributed by atoms with E-state index < -0.39 is 0 Å². The van der Waals surface area contributed by atoms with Gasteiger partial charge >= 0.3 is 0 Å². The largest absolute Gasteiger partial charge is 0.501 e. The van der Waals surface area contributed by atoms with Crippen LogP contribution in [0, 0.1) is 6.58 Å². The van der Waals surface area contributed by atoms with Crippen molar-refractivity contribution in [2.24, 2.45) is 0 Å². The number of methoxy groups -OCH3 is 1. The Morgan fingerprint density at radius 2 is 2.29 bits per heavy atom. The molecule has 0 aliphatic rings. The van der Waals surface area contributed by atoms with Crippen LogP contribution in [0.1, 0.15) is 19.8 Å². The summed E-state index contributed by atoms with van der Waals surface area (Å²) in [4.78, 5) is 0. The maximum atomic E-state index is 5.28. The highest BCUT2D eigenvalue weighted by atomic mass is 16.5. The number of hydrogen-bond acceptors (Lipinski definition) is 1. The normalized spacial score (nSPS) is 8.29. The van der Waals surface area contributed by atoms with Crippen LogP contribution in [0.3, 0.4) is 0 Å². The molecule has 0 aromatic carbocycles. The highest BCUT2D eigenvalue weighted by Crippen LogP contribution is 1.99. The van der Waals surface area contributed by atoms with Crippen molar-refractivity contribution in [1.82, 2.24) is 0 Å². The van der Waals surface area contributed by atoms with Crippen molar-refractivity contribution >= 4 is 0 Å². The van der Waals surface area contributed by atoms with Gasteiger partial charge in [0.2, 0.25) is 0 Å². The van der Waals surface area contributed by atoms with Gasteiger partial charge < -0.3 is 4.74 Å². The monoisotopic (exact) mass is 99.1 g/mol. The molecule has 0 rings (SSSR count). The Labute approximate surface area is 45.0 Å². The predicted octanol–water partition coefficient (Wildman–Crippen LogP) is 1.75. The van der Waals surface area contributed by atoms with Crippen molar-refractivity contribution in [3.05, 3.63) is 12.3 Å². The summed E-state index contributed by atoms with van der Waals surface area (Å²) in [6.45, 7) is 7.34. The van der Waals surface area contributed by atoms with E-state index in [-0.39, 0.29) is 0 Å². The molecule has 0 spiro atoms. The predicted molar refractivity (Wildman–Crippen MR) is 29.7 cm³/mol. The minimum atomic E-state index is 0.627. The average molecular weight is 99.2 g/mol. The standard InChI is InChI=1S/C6H11O/c1-4-5-6(2)7-3/h2H,4-5H2,1,3H3. The lowest BCUT2D eigenvalue weighted by molar-refractivity contribution is 0.277. The van der Waals surface area contributed by atoms with E-state index in [0.29, 0.717) is 5.76 Å². The van der Waals surface area contributed by atoms with E-state index in [0.717, 1.165) is 12.8 Å². The Morgan fingerprint density at radius 3 is 2.43 bits per heavy atom. The van der Waals surface area contributed by atoms with Crippen molar-refractivity contribution in [1.29, 1.82) is 0 Å². The molecule has 41 valence electrons. The Balaban J connectivity index is 3.00. The lowest BCUT2D eigenvalue weighted by Crippen LogP contribution is -1.80. The minimum Gasteiger partial charge on any atom is -0.501 e. The molecule has 0 saturated heterocycles. The summed E-state index contributed by atoms with van der Waals surface area (Å²) in [5, 5.41) is 0. The molecule has 0 aromatic heterocycles. The van der Waals surface area contributed by atoms with E-state index in [9.17, 15) is 0 Å². The summed E-state index contributed by atoms with van der Waals surface area (Å²) in [6.07, 6.45) is 1.93.